The van der Waals surface area contributed by atoms with Crippen LogP contribution < -0.4 is 10.0 Å². The number of nitrogens with zero attached hydrogens (tertiary/aromatic N) is 1. The number of piperidine rings is 2. The van der Waals surface area contributed by atoms with Crippen LogP contribution in [0, 0.1) is 11.8 Å². The molecule has 2 fully saturated rings. The van der Waals surface area contributed by atoms with Crippen LogP contribution in [0.4, 0.5) is 0 Å². The monoisotopic (exact) mass is 325 g/mol. The average molecular weight is 326 g/mol. The van der Waals surface area contributed by atoms with Crippen LogP contribution in [-0.2, 0) is 10.2 Å². The molecule has 0 aliphatic carbocycles. The highest BCUT2D eigenvalue weighted by Crippen LogP contribution is 2.20. The third-order valence-electron chi connectivity index (χ3n) is 4.46. The summed E-state index contributed by atoms with van der Waals surface area (Å²) in [6.07, 6.45) is 4.19. The Kier molecular flexibility index (Phi) is 7.21. The second-order valence-corrected chi connectivity index (χ2v) is 7.80. The Morgan fingerprint density at radius 3 is 2.45 bits per heavy atom. The molecule has 2 heterocycles. The highest BCUT2D eigenvalue weighted by atomic mass is 35.5. The third-order valence-corrected chi connectivity index (χ3v) is 6.17. The molecule has 0 saturated carbocycles. The van der Waals surface area contributed by atoms with Crippen molar-refractivity contribution in [2.45, 2.75) is 45.6 Å². The smallest absolute Gasteiger partial charge is 0.279 e. The summed E-state index contributed by atoms with van der Waals surface area (Å²) < 4.78 is 29.2. The van der Waals surface area contributed by atoms with Crippen LogP contribution in [0.2, 0.25) is 0 Å². The van der Waals surface area contributed by atoms with Crippen LogP contribution >= 0.6 is 12.4 Å². The lowest BCUT2D eigenvalue weighted by Gasteiger charge is -2.33. The van der Waals surface area contributed by atoms with E-state index in [1.165, 1.54) is 0 Å². The highest BCUT2D eigenvalue weighted by Gasteiger charge is 2.30. The van der Waals surface area contributed by atoms with E-state index in [9.17, 15) is 8.42 Å². The Bertz CT molecular complexity index is 377. The fraction of sp³-hybridized carbons (Fsp3) is 1.00. The molecule has 5 nitrogen and oxygen atoms in total. The maximum Gasteiger partial charge on any atom is 0.279 e. The molecule has 0 aromatic heterocycles. The quantitative estimate of drug-likeness (QED) is 0.820. The number of rotatable bonds is 4. The fourth-order valence-electron chi connectivity index (χ4n) is 2.94. The summed E-state index contributed by atoms with van der Waals surface area (Å²) >= 11 is 0. The average Bonchev–Trinajstić information content (AvgIpc) is 2.40. The van der Waals surface area contributed by atoms with Crippen LogP contribution in [0.25, 0.3) is 0 Å². The summed E-state index contributed by atoms with van der Waals surface area (Å²) in [5.41, 5.74) is 0. The van der Waals surface area contributed by atoms with E-state index >= 15 is 0 Å². The van der Waals surface area contributed by atoms with Crippen LogP contribution in [0.15, 0.2) is 0 Å². The normalized spacial score (nSPS) is 27.8. The molecule has 2 saturated heterocycles. The first kappa shape index (κ1) is 18.2. The lowest BCUT2D eigenvalue weighted by Crippen LogP contribution is -2.51. The lowest BCUT2D eigenvalue weighted by atomic mass is 9.94. The first-order valence-electron chi connectivity index (χ1n) is 7.47. The van der Waals surface area contributed by atoms with Gasteiger partial charge in [-0.1, -0.05) is 6.92 Å². The molecule has 0 bridgehead atoms. The number of nitrogens with one attached hydrogen (secondary N) is 2. The van der Waals surface area contributed by atoms with Gasteiger partial charge in [-0.05, 0) is 57.5 Å². The molecular weight excluding hydrogens is 298 g/mol. The molecule has 0 radical (unpaired) electrons. The van der Waals surface area contributed by atoms with Gasteiger partial charge in [-0.25, -0.2) is 0 Å². The van der Waals surface area contributed by atoms with E-state index in [1.54, 1.807) is 4.31 Å². The third kappa shape index (κ3) is 4.84. The highest BCUT2D eigenvalue weighted by molar-refractivity contribution is 7.87. The topological polar surface area (TPSA) is 61.4 Å². The van der Waals surface area contributed by atoms with E-state index in [0.717, 1.165) is 38.8 Å². The zero-order valence-electron chi connectivity index (χ0n) is 12.5. The first-order valence-corrected chi connectivity index (χ1v) is 8.91. The minimum Gasteiger partial charge on any atom is -0.316 e. The molecule has 2 N–H and O–H groups in total. The van der Waals surface area contributed by atoms with E-state index in [4.69, 9.17) is 0 Å². The fourth-order valence-corrected chi connectivity index (χ4v) is 4.44. The first-order chi connectivity index (χ1) is 8.99. The molecule has 2 rings (SSSR count). The van der Waals surface area contributed by atoms with E-state index < -0.39 is 10.2 Å². The van der Waals surface area contributed by atoms with Gasteiger partial charge in [-0.2, -0.15) is 17.4 Å². The van der Waals surface area contributed by atoms with Gasteiger partial charge in [0.15, 0.2) is 0 Å². The minimum atomic E-state index is -3.30. The Hall–Kier alpha value is 0.120. The maximum atomic E-state index is 12.3. The molecule has 20 heavy (non-hydrogen) atoms. The summed E-state index contributed by atoms with van der Waals surface area (Å²) in [5, 5.41) is 3.34. The van der Waals surface area contributed by atoms with Crippen LogP contribution in [-0.4, -0.2) is 44.9 Å². The van der Waals surface area contributed by atoms with Crippen molar-refractivity contribution in [3.63, 3.8) is 0 Å². The van der Waals surface area contributed by atoms with Gasteiger partial charge in [0, 0.05) is 19.1 Å². The summed E-state index contributed by atoms with van der Waals surface area (Å²) in [6, 6.07) is 0.0112. The van der Waals surface area contributed by atoms with Crippen molar-refractivity contribution in [3.8, 4) is 0 Å². The predicted molar refractivity (Wildman–Crippen MR) is 84.3 cm³/mol. The van der Waals surface area contributed by atoms with Gasteiger partial charge in [-0.15, -0.1) is 12.4 Å². The number of hydrogen-bond donors (Lipinski definition) is 2. The summed E-state index contributed by atoms with van der Waals surface area (Å²) in [6.45, 7) is 7.47. The molecule has 0 amide bonds. The molecule has 0 aromatic carbocycles. The zero-order chi connectivity index (χ0) is 13.9. The van der Waals surface area contributed by atoms with E-state index in [1.807, 2.05) is 6.92 Å². The Morgan fingerprint density at radius 1 is 1.25 bits per heavy atom. The van der Waals surface area contributed by atoms with Crippen molar-refractivity contribution < 1.29 is 8.42 Å². The van der Waals surface area contributed by atoms with Crippen molar-refractivity contribution in [2.75, 3.05) is 26.2 Å². The standard InChI is InChI=1S/C13H27N3O2S.ClH/c1-11-5-8-16(9-6-11)19(17,18)15-12(2)13-4-3-7-14-10-13;/h11-15H,3-10H2,1-2H3;1H. The summed E-state index contributed by atoms with van der Waals surface area (Å²) in [4.78, 5) is 0. The Balaban J connectivity index is 0.00000200. The second-order valence-electron chi connectivity index (χ2n) is 6.10. The van der Waals surface area contributed by atoms with Crippen molar-refractivity contribution in [1.82, 2.24) is 14.3 Å². The van der Waals surface area contributed by atoms with Crippen molar-refractivity contribution in [1.29, 1.82) is 0 Å². The Morgan fingerprint density at radius 2 is 1.90 bits per heavy atom. The van der Waals surface area contributed by atoms with Crippen LogP contribution in [0.3, 0.4) is 0 Å². The van der Waals surface area contributed by atoms with Crippen LogP contribution in [0.5, 0.6) is 0 Å². The molecule has 7 heteroatoms. The van der Waals surface area contributed by atoms with Gasteiger partial charge in [0.2, 0.25) is 0 Å². The molecule has 0 spiro atoms. The van der Waals surface area contributed by atoms with Gasteiger partial charge in [0.25, 0.3) is 10.2 Å². The largest absolute Gasteiger partial charge is 0.316 e. The number of hydrogen-bond acceptors (Lipinski definition) is 3. The summed E-state index contributed by atoms with van der Waals surface area (Å²) in [5.74, 6) is 1.05. The van der Waals surface area contributed by atoms with Crippen molar-refractivity contribution in [2.24, 2.45) is 11.8 Å². The molecule has 0 aromatic rings. The van der Waals surface area contributed by atoms with Crippen molar-refractivity contribution >= 4 is 22.6 Å². The van der Waals surface area contributed by atoms with E-state index in [-0.39, 0.29) is 18.4 Å². The number of halogens is 1. The molecular formula is C13H28ClN3O2S. The van der Waals surface area contributed by atoms with Gasteiger partial charge in [-0.3, -0.25) is 0 Å². The van der Waals surface area contributed by atoms with Crippen molar-refractivity contribution in [3.05, 3.63) is 0 Å². The van der Waals surface area contributed by atoms with Gasteiger partial charge < -0.3 is 5.32 Å². The lowest BCUT2D eigenvalue weighted by molar-refractivity contribution is 0.274. The molecule has 2 atom stereocenters. The minimum absolute atomic E-state index is 0. The maximum absolute atomic E-state index is 12.3. The SMILES string of the molecule is CC1CCN(S(=O)(=O)NC(C)C2CCCNC2)CC1.Cl. The zero-order valence-corrected chi connectivity index (χ0v) is 14.1. The molecule has 2 aliphatic heterocycles. The van der Waals surface area contributed by atoms with Crippen LogP contribution in [0.1, 0.15) is 39.5 Å². The Labute approximate surface area is 129 Å². The van der Waals surface area contributed by atoms with Gasteiger partial charge in [0.05, 0.1) is 0 Å². The molecule has 2 unspecified atom stereocenters. The van der Waals surface area contributed by atoms with Gasteiger partial charge >= 0.3 is 0 Å². The summed E-state index contributed by atoms with van der Waals surface area (Å²) in [7, 11) is -3.30. The molecule has 120 valence electrons. The van der Waals surface area contributed by atoms with Gasteiger partial charge in [0.1, 0.15) is 0 Å². The predicted octanol–water partition coefficient (Wildman–Crippen LogP) is 1.36. The second kappa shape index (κ2) is 7.94. The van der Waals surface area contributed by atoms with E-state index in [0.29, 0.717) is 24.9 Å². The molecule has 2 aliphatic rings. The van der Waals surface area contributed by atoms with E-state index in [2.05, 4.69) is 17.0 Å².